The Bertz CT molecular complexity index is 743. The zero-order valence-electron chi connectivity index (χ0n) is 10.4. The minimum atomic E-state index is -4.51. The molecule has 112 valence electrons. The zero-order valence-corrected chi connectivity index (χ0v) is 11.9. The molecule has 0 radical (unpaired) electrons. The van der Waals surface area contributed by atoms with Gasteiger partial charge in [0.2, 0.25) is 0 Å². The summed E-state index contributed by atoms with van der Waals surface area (Å²) < 4.78 is 63.6. The van der Waals surface area contributed by atoms with Gasteiger partial charge in [-0.3, -0.25) is 4.72 Å². The molecule has 8 heteroatoms. The van der Waals surface area contributed by atoms with Crippen LogP contribution in [0, 0.1) is 0 Å². The summed E-state index contributed by atoms with van der Waals surface area (Å²) in [6, 6.07) is 9.21. The minimum absolute atomic E-state index is 0.224. The first kappa shape index (κ1) is 15.7. The second-order valence-electron chi connectivity index (χ2n) is 4.14. The normalized spacial score (nSPS) is 12.2. The number of hydrogen-bond acceptors (Lipinski definition) is 2. The van der Waals surface area contributed by atoms with Crippen molar-refractivity contribution in [3.63, 3.8) is 0 Å². The summed E-state index contributed by atoms with van der Waals surface area (Å²) in [6.07, 6.45) is -4.51. The maximum atomic E-state index is 12.4. The van der Waals surface area contributed by atoms with E-state index in [9.17, 15) is 21.6 Å². The van der Waals surface area contributed by atoms with Crippen molar-refractivity contribution in [3.8, 4) is 0 Å². The Kier molecular flexibility index (Phi) is 4.15. The van der Waals surface area contributed by atoms with Crippen LogP contribution in [0.4, 0.5) is 18.9 Å². The third-order valence-electron chi connectivity index (χ3n) is 2.57. The lowest BCUT2D eigenvalue weighted by molar-refractivity contribution is -0.137. The molecule has 0 unspecified atom stereocenters. The van der Waals surface area contributed by atoms with Crippen molar-refractivity contribution in [1.29, 1.82) is 0 Å². The van der Waals surface area contributed by atoms with Crippen LogP contribution in [-0.4, -0.2) is 8.42 Å². The molecule has 0 aliphatic carbocycles. The molecule has 2 rings (SSSR count). The molecular formula is C13H9ClF3NO2S. The molecular weight excluding hydrogens is 327 g/mol. The molecule has 0 saturated carbocycles. The lowest BCUT2D eigenvalue weighted by atomic mass is 10.2. The highest BCUT2D eigenvalue weighted by atomic mass is 35.5. The number of alkyl halides is 3. The number of anilines is 1. The van der Waals surface area contributed by atoms with E-state index in [4.69, 9.17) is 11.6 Å². The lowest BCUT2D eigenvalue weighted by Crippen LogP contribution is -2.13. The molecule has 0 aliphatic heterocycles. The van der Waals surface area contributed by atoms with Crippen LogP contribution in [0.25, 0.3) is 0 Å². The van der Waals surface area contributed by atoms with Crippen LogP contribution >= 0.6 is 11.6 Å². The molecule has 0 fully saturated rings. The molecule has 0 bridgehead atoms. The van der Waals surface area contributed by atoms with Gasteiger partial charge < -0.3 is 0 Å². The van der Waals surface area contributed by atoms with E-state index in [1.165, 1.54) is 12.1 Å². The van der Waals surface area contributed by atoms with Crippen LogP contribution in [0.15, 0.2) is 53.4 Å². The quantitative estimate of drug-likeness (QED) is 0.915. The van der Waals surface area contributed by atoms with Gasteiger partial charge in [-0.25, -0.2) is 8.42 Å². The average Bonchev–Trinajstić information content (AvgIpc) is 2.37. The Morgan fingerprint density at radius 1 is 1.00 bits per heavy atom. The number of halogens is 4. The highest BCUT2D eigenvalue weighted by molar-refractivity contribution is 7.92. The van der Waals surface area contributed by atoms with Crippen LogP contribution in [0.5, 0.6) is 0 Å². The summed E-state index contributed by atoms with van der Waals surface area (Å²) in [5.74, 6) is 0. The molecule has 3 nitrogen and oxygen atoms in total. The van der Waals surface area contributed by atoms with Crippen LogP contribution < -0.4 is 4.72 Å². The number of nitrogens with one attached hydrogen (secondary N) is 1. The number of sulfonamides is 1. The van der Waals surface area contributed by atoms with Crippen LogP contribution in [0.3, 0.4) is 0 Å². The number of rotatable bonds is 3. The van der Waals surface area contributed by atoms with Crippen molar-refractivity contribution in [2.24, 2.45) is 0 Å². The van der Waals surface area contributed by atoms with Gasteiger partial charge in [-0.15, -0.1) is 0 Å². The molecule has 0 aliphatic rings. The summed E-state index contributed by atoms with van der Waals surface area (Å²) in [6.45, 7) is 0. The predicted molar refractivity (Wildman–Crippen MR) is 73.7 cm³/mol. The van der Waals surface area contributed by atoms with Crippen molar-refractivity contribution in [1.82, 2.24) is 0 Å². The highest BCUT2D eigenvalue weighted by Gasteiger charge is 2.30. The van der Waals surface area contributed by atoms with Gasteiger partial charge in [-0.05, 0) is 42.5 Å². The molecule has 21 heavy (non-hydrogen) atoms. The molecule has 0 atom stereocenters. The smallest absolute Gasteiger partial charge is 0.280 e. The third-order valence-corrected chi connectivity index (χ3v) is 4.20. The second-order valence-corrected chi connectivity index (χ2v) is 6.26. The molecule has 2 aromatic rings. The van der Waals surface area contributed by atoms with E-state index in [-0.39, 0.29) is 10.6 Å². The van der Waals surface area contributed by atoms with Gasteiger partial charge in [-0.2, -0.15) is 13.2 Å². The Balaban J connectivity index is 2.28. The van der Waals surface area contributed by atoms with E-state index in [1.807, 2.05) is 0 Å². The van der Waals surface area contributed by atoms with E-state index in [0.29, 0.717) is 17.2 Å². The van der Waals surface area contributed by atoms with Gasteiger partial charge in [0.25, 0.3) is 10.0 Å². The zero-order chi connectivity index (χ0) is 15.7. The summed E-state index contributed by atoms with van der Waals surface area (Å²) in [5, 5.41) is 0.336. The summed E-state index contributed by atoms with van der Waals surface area (Å²) in [7, 11) is -3.97. The minimum Gasteiger partial charge on any atom is -0.280 e. The first-order valence-corrected chi connectivity index (χ1v) is 7.50. The second kappa shape index (κ2) is 5.57. The predicted octanol–water partition coefficient (Wildman–Crippen LogP) is 4.16. The largest absolute Gasteiger partial charge is 0.416 e. The Morgan fingerprint density at radius 2 is 1.62 bits per heavy atom. The van der Waals surface area contributed by atoms with E-state index in [2.05, 4.69) is 4.72 Å². The van der Waals surface area contributed by atoms with Gasteiger partial charge in [-0.1, -0.05) is 17.7 Å². The Hall–Kier alpha value is -1.73. The molecule has 0 spiro atoms. The lowest BCUT2D eigenvalue weighted by Gasteiger charge is -2.10. The topological polar surface area (TPSA) is 46.2 Å². The SMILES string of the molecule is O=S(=O)(Nc1cccc(Cl)c1)c1ccc(C(F)(F)F)cc1. The molecule has 0 saturated heterocycles. The van der Waals surface area contributed by atoms with Gasteiger partial charge in [0, 0.05) is 5.02 Å². The van der Waals surface area contributed by atoms with Gasteiger partial charge >= 0.3 is 6.18 Å². The Labute approximate surface area is 124 Å². The first-order chi connectivity index (χ1) is 9.68. The maximum Gasteiger partial charge on any atom is 0.416 e. The van der Waals surface area contributed by atoms with Crippen molar-refractivity contribution in [2.45, 2.75) is 11.1 Å². The van der Waals surface area contributed by atoms with Crippen LogP contribution in [0.2, 0.25) is 5.02 Å². The molecule has 2 aromatic carbocycles. The summed E-state index contributed by atoms with van der Waals surface area (Å²) in [4.78, 5) is -0.268. The van der Waals surface area contributed by atoms with Crippen molar-refractivity contribution >= 4 is 27.3 Å². The fourth-order valence-electron chi connectivity index (χ4n) is 1.59. The van der Waals surface area contributed by atoms with E-state index >= 15 is 0 Å². The molecule has 0 heterocycles. The van der Waals surface area contributed by atoms with Crippen LogP contribution in [-0.2, 0) is 16.2 Å². The fourth-order valence-corrected chi connectivity index (χ4v) is 2.83. The summed E-state index contributed by atoms with van der Waals surface area (Å²) in [5.41, 5.74) is -0.688. The first-order valence-electron chi connectivity index (χ1n) is 5.64. The molecule has 1 N–H and O–H groups in total. The molecule has 0 amide bonds. The van der Waals surface area contributed by atoms with Crippen molar-refractivity contribution in [3.05, 3.63) is 59.1 Å². The Morgan fingerprint density at radius 3 is 2.14 bits per heavy atom. The van der Waals surface area contributed by atoms with Gasteiger partial charge in [0.05, 0.1) is 16.1 Å². The summed E-state index contributed by atoms with van der Waals surface area (Å²) >= 11 is 5.73. The van der Waals surface area contributed by atoms with E-state index in [0.717, 1.165) is 12.1 Å². The standard InChI is InChI=1S/C13H9ClF3NO2S/c14-10-2-1-3-11(8-10)18-21(19,20)12-6-4-9(5-7-12)13(15,16)17/h1-8,18H. The monoisotopic (exact) mass is 335 g/mol. The van der Waals surface area contributed by atoms with Crippen LogP contribution in [0.1, 0.15) is 5.56 Å². The number of hydrogen-bond donors (Lipinski definition) is 1. The van der Waals surface area contributed by atoms with Gasteiger partial charge in [0.1, 0.15) is 0 Å². The average molecular weight is 336 g/mol. The molecule has 0 aromatic heterocycles. The van der Waals surface area contributed by atoms with Crippen molar-refractivity contribution in [2.75, 3.05) is 4.72 Å². The number of benzene rings is 2. The maximum absolute atomic E-state index is 12.4. The fraction of sp³-hybridized carbons (Fsp3) is 0.0769. The van der Waals surface area contributed by atoms with Gasteiger partial charge in [0.15, 0.2) is 0 Å². The van der Waals surface area contributed by atoms with E-state index in [1.54, 1.807) is 12.1 Å². The van der Waals surface area contributed by atoms with Crippen molar-refractivity contribution < 1.29 is 21.6 Å². The highest BCUT2D eigenvalue weighted by Crippen LogP contribution is 2.30. The third kappa shape index (κ3) is 3.89. The van der Waals surface area contributed by atoms with E-state index < -0.39 is 21.8 Å².